The molecule has 0 aliphatic carbocycles. The second kappa shape index (κ2) is 14.8. The standard InChI is InChI=1S/C8H12OSi.C8H8O.C4H14OSi2/c1-7(9-10)8-5-3-2-4-6-8;1-7(9)8-5-3-2-4-6-8;1-6(2)5-7(3)4/h2-7H,1,10H3;2-6H,1H3;6-7H,1-4H3. The van der Waals surface area contributed by atoms with Crippen LogP contribution in [0.15, 0.2) is 60.7 Å². The summed E-state index contributed by atoms with van der Waals surface area (Å²) in [5.74, 6) is 0.121. The largest absolute Gasteiger partial charge is 0.461 e. The fraction of sp³-hybridized carbons (Fsp3) is 0.350. The zero-order valence-electron chi connectivity index (χ0n) is 17.2. The Kier molecular flexibility index (Phi) is 14.1. The van der Waals surface area contributed by atoms with Crippen LogP contribution in [0.1, 0.15) is 35.9 Å². The highest BCUT2D eigenvalue weighted by Crippen LogP contribution is 2.13. The van der Waals surface area contributed by atoms with Crippen LogP contribution in [0.4, 0.5) is 0 Å². The van der Waals surface area contributed by atoms with Crippen molar-refractivity contribution in [3.63, 3.8) is 0 Å². The smallest absolute Gasteiger partial charge is 0.159 e. The van der Waals surface area contributed by atoms with Gasteiger partial charge in [-0.25, -0.2) is 0 Å². The van der Waals surface area contributed by atoms with E-state index in [1.807, 2.05) is 48.5 Å². The average molecular weight is 407 g/mol. The van der Waals surface area contributed by atoms with Crippen molar-refractivity contribution in [2.24, 2.45) is 0 Å². The van der Waals surface area contributed by atoms with Gasteiger partial charge in [-0.1, -0.05) is 60.7 Å². The zero-order valence-corrected chi connectivity index (χ0v) is 21.5. The number of hydrogen-bond acceptors (Lipinski definition) is 3. The van der Waals surface area contributed by atoms with Gasteiger partial charge in [0.1, 0.15) is 10.5 Å². The van der Waals surface area contributed by atoms with Gasteiger partial charge in [-0.15, -0.1) is 0 Å². The first kappa shape index (κ1) is 24.7. The van der Waals surface area contributed by atoms with Crippen molar-refractivity contribution < 1.29 is 13.3 Å². The molecule has 0 N–H and O–H groups in total. The van der Waals surface area contributed by atoms with Gasteiger partial charge in [0.05, 0.1) is 6.10 Å². The van der Waals surface area contributed by atoms with E-state index in [2.05, 4.69) is 45.2 Å². The molecule has 0 amide bonds. The van der Waals surface area contributed by atoms with Crippen LogP contribution in [0.25, 0.3) is 0 Å². The van der Waals surface area contributed by atoms with Gasteiger partial charge >= 0.3 is 0 Å². The Labute approximate surface area is 165 Å². The van der Waals surface area contributed by atoms with Crippen LogP contribution in [0.5, 0.6) is 0 Å². The third kappa shape index (κ3) is 13.0. The van der Waals surface area contributed by atoms with Crippen molar-refractivity contribution in [2.75, 3.05) is 0 Å². The van der Waals surface area contributed by atoms with Crippen molar-refractivity contribution in [3.8, 4) is 0 Å². The Hall–Kier alpha value is -1.32. The van der Waals surface area contributed by atoms with Crippen molar-refractivity contribution in [1.29, 1.82) is 0 Å². The molecular formula is C20H34O3Si3. The Morgan fingerprint density at radius 2 is 1.31 bits per heavy atom. The number of hydrogen-bond donors (Lipinski definition) is 0. The summed E-state index contributed by atoms with van der Waals surface area (Å²) in [5, 5.41) is 0. The van der Waals surface area contributed by atoms with Gasteiger partial charge in [0.15, 0.2) is 23.9 Å². The van der Waals surface area contributed by atoms with Crippen LogP contribution in [-0.2, 0) is 8.54 Å². The van der Waals surface area contributed by atoms with Crippen LogP contribution < -0.4 is 0 Å². The molecule has 0 bridgehead atoms. The van der Waals surface area contributed by atoms with Crippen molar-refractivity contribution >= 4 is 34.3 Å². The molecule has 0 aliphatic heterocycles. The quantitative estimate of drug-likeness (QED) is 0.558. The molecule has 2 rings (SSSR count). The maximum absolute atomic E-state index is 10.6. The van der Waals surface area contributed by atoms with Crippen molar-refractivity contribution in [2.45, 2.75) is 46.1 Å². The molecule has 0 heterocycles. The lowest BCUT2D eigenvalue weighted by molar-refractivity contribution is 0.101. The minimum Gasteiger partial charge on any atom is -0.461 e. The minimum absolute atomic E-state index is 0.121. The van der Waals surface area contributed by atoms with Crippen LogP contribution >= 0.6 is 0 Å². The fourth-order valence-electron chi connectivity index (χ4n) is 2.08. The highest BCUT2D eigenvalue weighted by atomic mass is 28.4. The molecule has 144 valence electrons. The first-order chi connectivity index (χ1) is 12.3. The summed E-state index contributed by atoms with van der Waals surface area (Å²) in [7, 11) is -0.526. The van der Waals surface area contributed by atoms with E-state index in [1.54, 1.807) is 6.92 Å². The summed E-state index contributed by atoms with van der Waals surface area (Å²) >= 11 is 0. The van der Waals surface area contributed by atoms with Gasteiger partial charge in [-0.3, -0.25) is 4.79 Å². The van der Waals surface area contributed by atoms with Crippen LogP contribution in [-0.4, -0.2) is 34.3 Å². The van der Waals surface area contributed by atoms with Gasteiger partial charge in [0.2, 0.25) is 0 Å². The van der Waals surface area contributed by atoms with Crippen LogP contribution in [0.2, 0.25) is 26.2 Å². The lowest BCUT2D eigenvalue weighted by atomic mass is 10.1. The lowest BCUT2D eigenvalue weighted by Gasteiger charge is -2.08. The molecule has 0 saturated heterocycles. The normalized spacial score (nSPS) is 11.2. The number of ketones is 1. The molecule has 0 radical (unpaired) electrons. The highest BCUT2D eigenvalue weighted by Gasteiger charge is 1.99. The molecule has 1 unspecified atom stereocenters. The summed E-state index contributed by atoms with van der Waals surface area (Å²) in [6.45, 7) is 12.5. The number of carbonyl (C=O) groups excluding carboxylic acids is 1. The molecule has 0 aromatic heterocycles. The zero-order chi connectivity index (χ0) is 19.9. The van der Waals surface area contributed by atoms with Gasteiger partial charge in [0.25, 0.3) is 0 Å². The molecule has 26 heavy (non-hydrogen) atoms. The highest BCUT2D eigenvalue weighted by molar-refractivity contribution is 6.63. The Bertz CT molecular complexity index is 584. The number of carbonyl (C=O) groups is 1. The van der Waals surface area contributed by atoms with E-state index in [0.29, 0.717) is 0 Å². The monoisotopic (exact) mass is 406 g/mol. The van der Waals surface area contributed by atoms with E-state index in [0.717, 1.165) is 16.0 Å². The Morgan fingerprint density at radius 1 is 0.885 bits per heavy atom. The fourth-order valence-corrected chi connectivity index (χ4v) is 6.70. The van der Waals surface area contributed by atoms with Crippen LogP contribution in [0.3, 0.4) is 0 Å². The van der Waals surface area contributed by atoms with Gasteiger partial charge in [-0.2, -0.15) is 0 Å². The predicted molar refractivity (Wildman–Crippen MR) is 121 cm³/mol. The van der Waals surface area contributed by atoms with Crippen molar-refractivity contribution in [3.05, 3.63) is 71.8 Å². The molecule has 0 fully saturated rings. The molecule has 6 heteroatoms. The Balaban J connectivity index is 0.000000368. The summed E-state index contributed by atoms with van der Waals surface area (Å²) in [6, 6.07) is 19.5. The van der Waals surface area contributed by atoms with E-state index in [1.165, 1.54) is 5.56 Å². The summed E-state index contributed by atoms with van der Waals surface area (Å²) in [5.41, 5.74) is 2.04. The van der Waals surface area contributed by atoms with E-state index in [-0.39, 0.29) is 11.9 Å². The third-order valence-corrected chi connectivity index (χ3v) is 8.41. The molecule has 0 saturated carbocycles. The second-order valence-corrected chi connectivity index (χ2v) is 12.2. The first-order valence-corrected chi connectivity index (χ1v) is 15.4. The number of Topliss-reactive ketones (excluding diaryl/α,β-unsaturated/α-hetero) is 1. The molecule has 2 aromatic carbocycles. The summed E-state index contributed by atoms with van der Waals surface area (Å²) in [6.07, 6.45) is 0.271. The molecule has 0 aliphatic rings. The molecular weight excluding hydrogens is 372 g/mol. The van der Waals surface area contributed by atoms with E-state index in [4.69, 9.17) is 8.54 Å². The third-order valence-electron chi connectivity index (χ3n) is 3.35. The first-order valence-electron chi connectivity index (χ1n) is 9.07. The molecule has 2 aromatic rings. The number of benzene rings is 2. The topological polar surface area (TPSA) is 35.5 Å². The Morgan fingerprint density at radius 3 is 1.58 bits per heavy atom. The van der Waals surface area contributed by atoms with E-state index >= 15 is 0 Å². The lowest BCUT2D eigenvalue weighted by Crippen LogP contribution is -2.17. The van der Waals surface area contributed by atoms with E-state index in [9.17, 15) is 4.79 Å². The maximum atomic E-state index is 10.6. The summed E-state index contributed by atoms with van der Waals surface area (Å²) in [4.78, 5) is 10.6. The van der Waals surface area contributed by atoms with Gasteiger partial charge in [0, 0.05) is 5.56 Å². The molecule has 1 atom stereocenters. The maximum Gasteiger partial charge on any atom is 0.159 e. The van der Waals surface area contributed by atoms with Gasteiger partial charge in [-0.05, 0) is 45.6 Å². The SMILES string of the molecule is CC(=O)c1ccccc1.CC(O[SiH3])c1ccccc1.C[SiH](C)O[SiH](C)C. The van der Waals surface area contributed by atoms with Crippen LogP contribution in [0, 0.1) is 0 Å². The average Bonchev–Trinajstić information content (AvgIpc) is 2.62. The number of rotatable bonds is 5. The van der Waals surface area contributed by atoms with E-state index < -0.39 is 18.1 Å². The van der Waals surface area contributed by atoms with Crippen molar-refractivity contribution in [1.82, 2.24) is 0 Å². The predicted octanol–water partition coefficient (Wildman–Crippen LogP) is 3.90. The van der Waals surface area contributed by atoms with Gasteiger partial charge < -0.3 is 8.54 Å². The molecule has 3 nitrogen and oxygen atoms in total. The minimum atomic E-state index is -0.667. The second-order valence-electron chi connectivity index (χ2n) is 6.44. The molecule has 0 spiro atoms. The summed E-state index contributed by atoms with van der Waals surface area (Å²) < 4.78 is 10.8.